The number of hydrogen-bond donors (Lipinski definition) is 0. The summed E-state index contributed by atoms with van der Waals surface area (Å²) in [5, 5.41) is 1.94. The number of hydrogen-bond acceptors (Lipinski definition) is 6. The van der Waals surface area contributed by atoms with Gasteiger partial charge in [0, 0.05) is 10.4 Å². The van der Waals surface area contributed by atoms with Crippen LogP contribution < -0.4 is 14.9 Å². The fourth-order valence-corrected chi connectivity index (χ4v) is 5.76. The van der Waals surface area contributed by atoms with E-state index in [4.69, 9.17) is 9.73 Å². The lowest BCUT2D eigenvalue weighted by molar-refractivity contribution is -0.138. The van der Waals surface area contributed by atoms with Crippen LogP contribution in [0.25, 0.3) is 17.8 Å². The average molecular weight is 499 g/mol. The van der Waals surface area contributed by atoms with Gasteiger partial charge in [0.1, 0.15) is 6.04 Å². The molecule has 1 unspecified atom stereocenters. The van der Waals surface area contributed by atoms with Crippen molar-refractivity contribution < 1.29 is 9.53 Å². The van der Waals surface area contributed by atoms with Crippen LogP contribution >= 0.6 is 22.7 Å². The third-order valence-electron chi connectivity index (χ3n) is 5.52. The molecule has 0 N–H and O–H groups in total. The van der Waals surface area contributed by atoms with E-state index in [-0.39, 0.29) is 12.2 Å². The first-order valence-electron chi connectivity index (χ1n) is 11.2. The van der Waals surface area contributed by atoms with Gasteiger partial charge in [0.05, 0.1) is 22.4 Å². The van der Waals surface area contributed by atoms with Gasteiger partial charge in [-0.1, -0.05) is 90.2 Å². The second-order valence-corrected chi connectivity index (χ2v) is 9.73. The van der Waals surface area contributed by atoms with Gasteiger partial charge in [0.25, 0.3) is 5.56 Å². The van der Waals surface area contributed by atoms with Crippen molar-refractivity contribution in [1.29, 1.82) is 0 Å². The first-order chi connectivity index (χ1) is 17.2. The molecular weight excluding hydrogens is 476 g/mol. The average Bonchev–Trinajstić information content (AvgIpc) is 3.53. The minimum atomic E-state index is -0.610. The molecule has 0 fully saturated rings. The summed E-state index contributed by atoms with van der Waals surface area (Å²) in [6, 6.07) is 22.7. The molecule has 1 aliphatic heterocycles. The van der Waals surface area contributed by atoms with Gasteiger partial charge < -0.3 is 4.74 Å². The fourth-order valence-electron chi connectivity index (χ4n) is 3.98. The van der Waals surface area contributed by atoms with Crippen LogP contribution in [0.2, 0.25) is 0 Å². The van der Waals surface area contributed by atoms with Gasteiger partial charge in [-0.2, -0.15) is 0 Å². The second-order valence-electron chi connectivity index (χ2n) is 7.74. The predicted octanol–water partition coefficient (Wildman–Crippen LogP) is 4.66. The number of nitrogens with zero attached hydrogens (tertiary/aromatic N) is 2. The summed E-state index contributed by atoms with van der Waals surface area (Å²) in [4.78, 5) is 33.1. The Morgan fingerprint density at radius 1 is 1.06 bits per heavy atom. The van der Waals surface area contributed by atoms with Crippen molar-refractivity contribution in [2.24, 2.45) is 4.99 Å². The molecule has 7 heteroatoms. The van der Waals surface area contributed by atoms with Crippen LogP contribution in [0.15, 0.2) is 99.6 Å². The van der Waals surface area contributed by atoms with E-state index in [0.29, 0.717) is 20.6 Å². The number of fused-ring (bicyclic) bond motifs is 1. The molecule has 35 heavy (non-hydrogen) atoms. The number of allylic oxidation sites excluding steroid dienone is 1. The van der Waals surface area contributed by atoms with E-state index in [1.165, 1.54) is 22.7 Å². The third kappa shape index (κ3) is 4.60. The Morgan fingerprint density at radius 2 is 1.80 bits per heavy atom. The molecule has 0 saturated carbocycles. The maximum Gasteiger partial charge on any atom is 0.338 e. The zero-order chi connectivity index (χ0) is 24.2. The molecule has 0 aliphatic carbocycles. The topological polar surface area (TPSA) is 60.7 Å². The molecule has 0 amide bonds. The highest BCUT2D eigenvalue weighted by Gasteiger charge is 2.35. The molecule has 0 radical (unpaired) electrons. The van der Waals surface area contributed by atoms with Crippen molar-refractivity contribution in [3.8, 4) is 0 Å². The van der Waals surface area contributed by atoms with Crippen molar-refractivity contribution in [3.05, 3.63) is 126 Å². The van der Waals surface area contributed by atoms with Crippen LogP contribution in [-0.4, -0.2) is 17.1 Å². The summed E-state index contributed by atoms with van der Waals surface area (Å²) >= 11 is 2.82. The van der Waals surface area contributed by atoms with Crippen LogP contribution in [0.5, 0.6) is 0 Å². The fraction of sp³-hybridized carbons (Fsp3) is 0.107. The molecule has 4 aromatic rings. The van der Waals surface area contributed by atoms with E-state index < -0.39 is 12.0 Å². The SMILES string of the molecule is CCOC(=O)C1=C(c2ccccc2)N=c2sc(=CC=Cc3ccccc3)c(=O)n2C1c1cccs1. The van der Waals surface area contributed by atoms with Crippen LogP contribution in [0, 0.1) is 0 Å². The van der Waals surface area contributed by atoms with Gasteiger partial charge in [0.15, 0.2) is 4.80 Å². The number of aromatic nitrogens is 1. The standard InChI is InChI=1S/C28H22N2O3S2/c1-2-33-27(32)23-24(20-14-7-4-8-15-20)29-28-30(25(23)21-17-10-18-34-21)26(31)22(35-28)16-9-13-19-11-5-3-6-12-19/h3-18,25H,2H2,1H3. The molecule has 5 rings (SSSR count). The van der Waals surface area contributed by atoms with E-state index in [0.717, 1.165) is 16.0 Å². The number of rotatable bonds is 6. The lowest BCUT2D eigenvalue weighted by Gasteiger charge is -2.24. The maximum atomic E-state index is 13.6. The van der Waals surface area contributed by atoms with Gasteiger partial charge in [-0.3, -0.25) is 9.36 Å². The predicted molar refractivity (Wildman–Crippen MR) is 142 cm³/mol. The molecule has 0 spiro atoms. The Kier molecular flexibility index (Phi) is 6.70. The quantitative estimate of drug-likeness (QED) is 0.363. The summed E-state index contributed by atoms with van der Waals surface area (Å²) in [6.07, 6.45) is 5.62. The minimum Gasteiger partial charge on any atom is -0.463 e. The van der Waals surface area contributed by atoms with Crippen LogP contribution in [0.1, 0.15) is 29.0 Å². The number of ether oxygens (including phenoxy) is 1. The van der Waals surface area contributed by atoms with Gasteiger partial charge >= 0.3 is 5.97 Å². The van der Waals surface area contributed by atoms with E-state index in [1.54, 1.807) is 17.6 Å². The van der Waals surface area contributed by atoms with E-state index in [9.17, 15) is 9.59 Å². The van der Waals surface area contributed by atoms with Gasteiger partial charge in [0.2, 0.25) is 0 Å². The van der Waals surface area contributed by atoms with Crippen molar-refractivity contribution in [1.82, 2.24) is 4.57 Å². The first-order valence-corrected chi connectivity index (χ1v) is 12.9. The Labute approximate surface area is 210 Å². The number of benzene rings is 2. The molecular formula is C28H22N2O3S2. The summed E-state index contributed by atoms with van der Waals surface area (Å²) < 4.78 is 7.63. The Balaban J connectivity index is 1.73. The van der Waals surface area contributed by atoms with E-state index >= 15 is 0 Å². The van der Waals surface area contributed by atoms with E-state index in [2.05, 4.69) is 0 Å². The van der Waals surface area contributed by atoms with Crippen molar-refractivity contribution in [3.63, 3.8) is 0 Å². The molecule has 3 heterocycles. The summed E-state index contributed by atoms with van der Waals surface area (Å²) in [7, 11) is 0. The number of esters is 1. The van der Waals surface area contributed by atoms with Crippen molar-refractivity contribution >= 4 is 46.5 Å². The lowest BCUT2D eigenvalue weighted by atomic mass is 9.97. The van der Waals surface area contributed by atoms with Crippen molar-refractivity contribution in [2.45, 2.75) is 13.0 Å². The highest BCUT2D eigenvalue weighted by molar-refractivity contribution is 7.10. The molecule has 1 atom stereocenters. The number of carbonyl (C=O) groups excluding carboxylic acids is 1. The van der Waals surface area contributed by atoms with Crippen LogP contribution in [0.3, 0.4) is 0 Å². The number of thiazole rings is 1. The molecule has 5 nitrogen and oxygen atoms in total. The highest BCUT2D eigenvalue weighted by atomic mass is 32.1. The zero-order valence-corrected chi connectivity index (χ0v) is 20.6. The number of carbonyl (C=O) groups is 1. The maximum absolute atomic E-state index is 13.6. The lowest BCUT2D eigenvalue weighted by Crippen LogP contribution is -2.39. The van der Waals surface area contributed by atoms with Gasteiger partial charge in [-0.25, -0.2) is 9.79 Å². The smallest absolute Gasteiger partial charge is 0.338 e. The van der Waals surface area contributed by atoms with Gasteiger partial charge in [-0.05, 0) is 30.0 Å². The summed E-state index contributed by atoms with van der Waals surface area (Å²) in [6.45, 7) is 2.01. The third-order valence-corrected chi connectivity index (χ3v) is 7.45. The Morgan fingerprint density at radius 3 is 2.49 bits per heavy atom. The molecule has 0 saturated heterocycles. The Hall–Kier alpha value is -3.81. The molecule has 2 aromatic heterocycles. The van der Waals surface area contributed by atoms with E-state index in [1.807, 2.05) is 90.3 Å². The largest absolute Gasteiger partial charge is 0.463 e. The first kappa shape index (κ1) is 23.0. The zero-order valence-electron chi connectivity index (χ0n) is 19.0. The highest BCUT2D eigenvalue weighted by Crippen LogP contribution is 2.36. The summed E-state index contributed by atoms with van der Waals surface area (Å²) in [5.41, 5.74) is 2.58. The second kappa shape index (κ2) is 10.2. The Bertz CT molecular complexity index is 1580. The normalized spacial score (nSPS) is 15.8. The molecule has 2 aromatic carbocycles. The number of thiophene rings is 1. The molecule has 174 valence electrons. The van der Waals surface area contributed by atoms with Gasteiger partial charge in [-0.15, -0.1) is 11.3 Å². The molecule has 1 aliphatic rings. The van der Waals surface area contributed by atoms with Crippen LogP contribution in [0.4, 0.5) is 0 Å². The minimum absolute atomic E-state index is 0.182. The monoisotopic (exact) mass is 498 g/mol. The molecule has 0 bridgehead atoms. The summed E-state index contributed by atoms with van der Waals surface area (Å²) in [5.74, 6) is -0.466. The van der Waals surface area contributed by atoms with Crippen LogP contribution in [-0.2, 0) is 9.53 Å². The van der Waals surface area contributed by atoms with Crippen molar-refractivity contribution in [2.75, 3.05) is 6.61 Å².